The van der Waals surface area contributed by atoms with E-state index in [1.165, 1.54) is 0 Å². The largest absolute Gasteiger partial charge is 0.347 e. The summed E-state index contributed by atoms with van der Waals surface area (Å²) < 4.78 is 11.4. The van der Waals surface area contributed by atoms with Gasteiger partial charge in [-0.05, 0) is 30.7 Å². The van der Waals surface area contributed by atoms with Gasteiger partial charge in [0.25, 0.3) is 5.91 Å². The smallest absolute Gasteiger partial charge is 0.253 e. The summed E-state index contributed by atoms with van der Waals surface area (Å²) in [6.45, 7) is 3.28. The van der Waals surface area contributed by atoms with Gasteiger partial charge in [-0.3, -0.25) is 4.79 Å². The molecule has 0 saturated carbocycles. The van der Waals surface area contributed by atoms with Crippen molar-refractivity contribution in [2.24, 2.45) is 5.73 Å². The first-order valence-corrected chi connectivity index (χ1v) is 7.59. The topological polar surface area (TPSA) is 64.8 Å². The molecule has 0 bridgehead atoms. The summed E-state index contributed by atoms with van der Waals surface area (Å²) in [7, 11) is 0. The predicted molar refractivity (Wildman–Crippen MR) is 79.0 cm³/mol. The lowest BCUT2D eigenvalue weighted by molar-refractivity contribution is -0.181. The van der Waals surface area contributed by atoms with Crippen molar-refractivity contribution in [3.63, 3.8) is 0 Å². The Morgan fingerprint density at radius 2 is 1.95 bits per heavy atom. The number of benzene rings is 1. The molecule has 1 aromatic carbocycles. The van der Waals surface area contributed by atoms with Crippen LogP contribution in [0.2, 0.25) is 0 Å². The van der Waals surface area contributed by atoms with Crippen molar-refractivity contribution < 1.29 is 14.3 Å². The van der Waals surface area contributed by atoms with E-state index in [1.54, 1.807) is 0 Å². The first-order chi connectivity index (χ1) is 10.2. The lowest BCUT2D eigenvalue weighted by Crippen LogP contribution is -2.47. The molecule has 21 heavy (non-hydrogen) atoms. The highest BCUT2D eigenvalue weighted by molar-refractivity contribution is 5.94. The van der Waals surface area contributed by atoms with Crippen LogP contribution in [0.3, 0.4) is 0 Å². The number of carbonyl (C=O) groups excluding carboxylic acids is 1. The number of piperidine rings is 1. The number of rotatable bonds is 3. The normalized spacial score (nSPS) is 20.9. The molecule has 0 aliphatic carbocycles. The summed E-state index contributed by atoms with van der Waals surface area (Å²) in [5.74, 6) is -0.347. The van der Waals surface area contributed by atoms with Gasteiger partial charge in [0.1, 0.15) is 0 Å². The van der Waals surface area contributed by atoms with Crippen molar-refractivity contribution in [1.29, 1.82) is 0 Å². The minimum Gasteiger partial charge on any atom is -0.347 e. The van der Waals surface area contributed by atoms with Crippen molar-refractivity contribution in [2.45, 2.75) is 25.0 Å². The summed E-state index contributed by atoms with van der Waals surface area (Å²) in [5.41, 5.74) is 7.42. The van der Waals surface area contributed by atoms with Gasteiger partial charge in [-0.2, -0.15) is 0 Å². The molecule has 114 valence electrons. The molecule has 2 aliphatic heterocycles. The molecule has 2 aliphatic rings. The SMILES string of the molecule is NCCc1cccc(C(=O)N2CCC3(CC2)OCCO3)c1. The monoisotopic (exact) mass is 290 g/mol. The van der Waals surface area contributed by atoms with Crippen molar-refractivity contribution in [3.8, 4) is 0 Å². The van der Waals surface area contributed by atoms with E-state index in [9.17, 15) is 4.79 Å². The Balaban J connectivity index is 1.64. The number of nitrogens with zero attached hydrogens (tertiary/aromatic N) is 1. The summed E-state index contributed by atoms with van der Waals surface area (Å²) in [6.07, 6.45) is 2.30. The van der Waals surface area contributed by atoms with Crippen molar-refractivity contribution in [2.75, 3.05) is 32.8 Å². The molecule has 5 heteroatoms. The number of hydrogen-bond acceptors (Lipinski definition) is 4. The Morgan fingerprint density at radius 1 is 1.24 bits per heavy atom. The Morgan fingerprint density at radius 3 is 2.62 bits per heavy atom. The highest BCUT2D eigenvalue weighted by Crippen LogP contribution is 2.31. The highest BCUT2D eigenvalue weighted by Gasteiger charge is 2.40. The third-order valence-corrected chi connectivity index (χ3v) is 4.23. The molecule has 1 aromatic rings. The second-order valence-corrected chi connectivity index (χ2v) is 5.64. The number of amides is 1. The van der Waals surface area contributed by atoms with Crippen LogP contribution in [-0.2, 0) is 15.9 Å². The van der Waals surface area contributed by atoms with E-state index in [4.69, 9.17) is 15.2 Å². The molecular weight excluding hydrogens is 268 g/mol. The van der Waals surface area contributed by atoms with Crippen LogP contribution in [0, 0.1) is 0 Å². The van der Waals surface area contributed by atoms with Gasteiger partial charge in [0.05, 0.1) is 13.2 Å². The van der Waals surface area contributed by atoms with Gasteiger partial charge >= 0.3 is 0 Å². The van der Waals surface area contributed by atoms with Gasteiger partial charge in [0.2, 0.25) is 0 Å². The van der Waals surface area contributed by atoms with E-state index in [-0.39, 0.29) is 5.91 Å². The maximum atomic E-state index is 12.6. The minimum atomic E-state index is -0.432. The van der Waals surface area contributed by atoms with Crippen molar-refractivity contribution in [1.82, 2.24) is 4.90 Å². The average molecular weight is 290 g/mol. The van der Waals surface area contributed by atoms with Crippen LogP contribution in [0.15, 0.2) is 24.3 Å². The van der Waals surface area contributed by atoms with Crippen molar-refractivity contribution in [3.05, 3.63) is 35.4 Å². The van der Waals surface area contributed by atoms with Crippen LogP contribution in [0.1, 0.15) is 28.8 Å². The average Bonchev–Trinajstić information content (AvgIpc) is 2.96. The van der Waals surface area contributed by atoms with E-state index in [1.807, 2.05) is 29.2 Å². The zero-order valence-electron chi connectivity index (χ0n) is 12.2. The van der Waals surface area contributed by atoms with Crippen LogP contribution < -0.4 is 5.73 Å². The molecule has 2 N–H and O–H groups in total. The fraction of sp³-hybridized carbons (Fsp3) is 0.562. The molecule has 0 aromatic heterocycles. The molecule has 2 fully saturated rings. The quantitative estimate of drug-likeness (QED) is 0.907. The number of carbonyl (C=O) groups is 1. The van der Waals surface area contributed by atoms with Crippen LogP contribution in [0.25, 0.3) is 0 Å². The Hall–Kier alpha value is -1.43. The molecule has 1 amide bonds. The van der Waals surface area contributed by atoms with Gasteiger partial charge < -0.3 is 20.1 Å². The van der Waals surface area contributed by atoms with E-state index in [0.717, 1.165) is 30.4 Å². The van der Waals surface area contributed by atoms with Crippen LogP contribution in [0.4, 0.5) is 0 Å². The lowest BCUT2D eigenvalue weighted by Gasteiger charge is -2.37. The first kappa shape index (κ1) is 14.5. The van der Waals surface area contributed by atoms with Gasteiger partial charge in [-0.25, -0.2) is 0 Å². The fourth-order valence-corrected chi connectivity index (χ4v) is 3.05. The van der Waals surface area contributed by atoms with Gasteiger partial charge in [0, 0.05) is 31.5 Å². The number of hydrogen-bond donors (Lipinski definition) is 1. The molecular formula is C16H22N2O3. The molecule has 2 heterocycles. The first-order valence-electron chi connectivity index (χ1n) is 7.59. The Kier molecular flexibility index (Phi) is 4.24. The minimum absolute atomic E-state index is 0.0849. The van der Waals surface area contributed by atoms with E-state index in [0.29, 0.717) is 32.8 Å². The molecule has 0 unspecified atom stereocenters. The maximum Gasteiger partial charge on any atom is 0.253 e. The molecule has 5 nitrogen and oxygen atoms in total. The zero-order chi connectivity index (χ0) is 14.7. The summed E-state index contributed by atoms with van der Waals surface area (Å²) >= 11 is 0. The van der Waals surface area contributed by atoms with Crippen LogP contribution in [0.5, 0.6) is 0 Å². The maximum absolute atomic E-state index is 12.6. The molecule has 1 spiro atoms. The Labute approximate surface area is 125 Å². The third kappa shape index (κ3) is 3.10. The van der Waals surface area contributed by atoms with E-state index in [2.05, 4.69) is 0 Å². The predicted octanol–water partition coefficient (Wildman–Crippen LogP) is 1.17. The standard InChI is InChI=1S/C16H22N2O3/c17-7-4-13-2-1-3-14(12-13)15(19)18-8-5-16(6-9-18)20-10-11-21-16/h1-3,12H,4-11,17H2. The summed E-state index contributed by atoms with van der Waals surface area (Å²) in [6, 6.07) is 7.75. The van der Waals surface area contributed by atoms with E-state index >= 15 is 0 Å². The van der Waals surface area contributed by atoms with Gasteiger partial charge in [0.15, 0.2) is 5.79 Å². The van der Waals surface area contributed by atoms with Gasteiger partial charge in [-0.15, -0.1) is 0 Å². The van der Waals surface area contributed by atoms with Crippen LogP contribution in [-0.4, -0.2) is 49.4 Å². The molecule has 2 saturated heterocycles. The van der Waals surface area contributed by atoms with Gasteiger partial charge in [-0.1, -0.05) is 12.1 Å². The Bertz CT molecular complexity index is 502. The van der Waals surface area contributed by atoms with E-state index < -0.39 is 5.79 Å². The number of nitrogens with two attached hydrogens (primary N) is 1. The fourth-order valence-electron chi connectivity index (χ4n) is 3.05. The molecule has 0 radical (unpaired) electrons. The summed E-state index contributed by atoms with van der Waals surface area (Å²) in [4.78, 5) is 14.5. The molecule has 3 rings (SSSR count). The third-order valence-electron chi connectivity index (χ3n) is 4.23. The van der Waals surface area contributed by atoms with Crippen molar-refractivity contribution >= 4 is 5.91 Å². The second kappa shape index (κ2) is 6.13. The summed E-state index contributed by atoms with van der Waals surface area (Å²) in [5, 5.41) is 0. The number of likely N-dealkylation sites (tertiary alicyclic amines) is 1. The number of ether oxygens (including phenoxy) is 2. The zero-order valence-corrected chi connectivity index (χ0v) is 12.2. The second-order valence-electron chi connectivity index (χ2n) is 5.64. The molecule has 0 atom stereocenters. The lowest BCUT2D eigenvalue weighted by atomic mass is 10.0. The van der Waals surface area contributed by atoms with Crippen LogP contribution >= 0.6 is 0 Å². The highest BCUT2D eigenvalue weighted by atomic mass is 16.7.